The summed E-state index contributed by atoms with van der Waals surface area (Å²) < 4.78 is 0. The first-order chi connectivity index (χ1) is 15.1. The second-order valence-electron chi connectivity index (χ2n) is 6.47. The van der Waals surface area contributed by atoms with Gasteiger partial charge in [-0.3, -0.25) is 9.59 Å². The summed E-state index contributed by atoms with van der Waals surface area (Å²) in [7, 11) is 0. The maximum absolute atomic E-state index is 13.4. The Morgan fingerprint density at radius 2 is 1.16 bits per heavy atom. The predicted octanol–water partition coefficient (Wildman–Crippen LogP) is 2.90. The molecule has 4 rings (SSSR count). The van der Waals surface area contributed by atoms with Crippen LogP contribution in [0.1, 0.15) is 39.2 Å². The van der Waals surface area contributed by atoms with Crippen molar-refractivity contribution in [3.8, 4) is 0 Å². The highest BCUT2D eigenvalue weighted by Gasteiger charge is 2.34. The molecule has 2 aromatic heterocycles. The summed E-state index contributed by atoms with van der Waals surface area (Å²) >= 11 is 12.5. The van der Waals surface area contributed by atoms with Gasteiger partial charge in [0.05, 0.1) is 10.0 Å². The Kier molecular flexibility index (Phi) is 6.10. The molecular formula is C19H14Cl2N8O2. The molecule has 0 radical (unpaired) electrons. The molecule has 0 saturated carbocycles. The van der Waals surface area contributed by atoms with Crippen molar-refractivity contribution in [3.05, 3.63) is 82.4 Å². The number of tetrazole rings is 2. The van der Waals surface area contributed by atoms with Crippen molar-refractivity contribution >= 4 is 34.8 Å². The van der Waals surface area contributed by atoms with Crippen LogP contribution in [0.4, 0.5) is 0 Å². The number of hydrogen-bond donors (Lipinski definition) is 0. The summed E-state index contributed by atoms with van der Waals surface area (Å²) in [5.74, 6) is -0.777. The molecule has 2 atom stereocenters. The van der Waals surface area contributed by atoms with Crippen LogP contribution in [0.5, 0.6) is 0 Å². The summed E-state index contributed by atoms with van der Waals surface area (Å²) in [5.41, 5.74) is 0.531. The van der Waals surface area contributed by atoms with E-state index in [1.807, 2.05) is 0 Å². The van der Waals surface area contributed by atoms with Gasteiger partial charge in [-0.15, -0.1) is 20.4 Å². The van der Waals surface area contributed by atoms with Crippen LogP contribution in [0, 0.1) is 0 Å². The second-order valence-corrected chi connectivity index (χ2v) is 7.28. The first-order valence-electron chi connectivity index (χ1n) is 9.08. The highest BCUT2D eigenvalue weighted by atomic mass is 35.5. The van der Waals surface area contributed by atoms with Crippen molar-refractivity contribution in [2.75, 3.05) is 0 Å². The lowest BCUT2D eigenvalue weighted by atomic mass is 9.94. The fourth-order valence-electron chi connectivity index (χ4n) is 3.14. The molecule has 0 amide bonds. The minimum absolute atomic E-state index is 0.0825. The smallest absolute Gasteiger partial charge is 0.190 e. The molecule has 0 saturated heterocycles. The van der Waals surface area contributed by atoms with E-state index < -0.39 is 12.1 Å². The minimum Gasteiger partial charge on any atom is -0.292 e. The molecule has 4 aromatic rings. The standard InChI is InChI=1S/C19H14Cl2N8O2/c20-14-7-3-1-5-12(14)18(30)16(28-24-10-22-26-28)9-17(29-25-11-23-27-29)19(31)13-6-2-4-8-15(13)21/h1-8,10-11,16-17H,9H2. The van der Waals surface area contributed by atoms with Crippen LogP contribution in [0.15, 0.2) is 61.2 Å². The minimum atomic E-state index is -1.01. The summed E-state index contributed by atoms with van der Waals surface area (Å²) in [6, 6.07) is 11.2. The molecule has 31 heavy (non-hydrogen) atoms. The summed E-state index contributed by atoms with van der Waals surface area (Å²) in [4.78, 5) is 29.0. The monoisotopic (exact) mass is 456 g/mol. The lowest BCUT2D eigenvalue weighted by molar-refractivity contribution is 0.0823. The van der Waals surface area contributed by atoms with Crippen molar-refractivity contribution in [3.63, 3.8) is 0 Å². The highest BCUT2D eigenvalue weighted by molar-refractivity contribution is 6.34. The van der Waals surface area contributed by atoms with E-state index in [-0.39, 0.29) is 39.2 Å². The maximum Gasteiger partial charge on any atom is 0.190 e. The lowest BCUT2D eigenvalue weighted by Gasteiger charge is -2.21. The van der Waals surface area contributed by atoms with Crippen molar-refractivity contribution in [1.29, 1.82) is 0 Å². The van der Waals surface area contributed by atoms with Gasteiger partial charge in [0.25, 0.3) is 0 Å². The molecule has 0 aliphatic heterocycles. The van der Waals surface area contributed by atoms with Gasteiger partial charge >= 0.3 is 0 Å². The zero-order valence-corrected chi connectivity index (χ0v) is 17.3. The van der Waals surface area contributed by atoms with Crippen molar-refractivity contribution in [1.82, 2.24) is 40.4 Å². The number of halogens is 2. The predicted molar refractivity (Wildman–Crippen MR) is 110 cm³/mol. The lowest BCUT2D eigenvalue weighted by Crippen LogP contribution is -2.31. The number of Topliss-reactive ketones (excluding diaryl/α,β-unsaturated/α-hetero) is 2. The third kappa shape index (κ3) is 4.35. The van der Waals surface area contributed by atoms with Gasteiger partial charge in [0, 0.05) is 17.5 Å². The molecule has 0 N–H and O–H groups in total. The molecule has 0 aliphatic carbocycles. The normalized spacial score (nSPS) is 13.0. The molecular weight excluding hydrogens is 443 g/mol. The number of ketones is 2. The number of nitrogens with zero attached hydrogens (tertiary/aromatic N) is 8. The van der Waals surface area contributed by atoms with Crippen molar-refractivity contribution < 1.29 is 9.59 Å². The van der Waals surface area contributed by atoms with Crippen molar-refractivity contribution in [2.45, 2.75) is 18.5 Å². The number of aromatic nitrogens is 8. The van der Waals surface area contributed by atoms with Crippen molar-refractivity contribution in [2.24, 2.45) is 0 Å². The van der Waals surface area contributed by atoms with Crippen LogP contribution in [0.2, 0.25) is 10.0 Å². The van der Waals surface area contributed by atoms with Crippen LogP contribution < -0.4 is 0 Å². The van der Waals surface area contributed by atoms with E-state index in [9.17, 15) is 9.59 Å². The highest BCUT2D eigenvalue weighted by Crippen LogP contribution is 2.30. The van der Waals surface area contributed by atoms with Crippen LogP contribution in [-0.4, -0.2) is 52.0 Å². The van der Waals surface area contributed by atoms with Gasteiger partial charge < -0.3 is 0 Å². The summed E-state index contributed by atoms with van der Waals surface area (Å²) in [5, 5.41) is 23.7. The Hall–Kier alpha value is -3.50. The number of benzene rings is 2. The first kappa shape index (κ1) is 20.8. The van der Waals surface area contributed by atoms with Crippen LogP contribution >= 0.6 is 23.2 Å². The van der Waals surface area contributed by atoms with E-state index in [2.05, 4.69) is 30.8 Å². The number of carbonyl (C=O) groups excluding carboxylic acids is 2. The average molecular weight is 457 g/mol. The Morgan fingerprint density at radius 3 is 1.52 bits per heavy atom. The van der Waals surface area contributed by atoms with E-state index in [0.29, 0.717) is 0 Å². The third-order valence-electron chi connectivity index (χ3n) is 4.62. The number of hydrogen-bond acceptors (Lipinski definition) is 8. The van der Waals surface area contributed by atoms with Gasteiger partial charge in [0.15, 0.2) is 24.2 Å². The molecule has 156 valence electrons. The van der Waals surface area contributed by atoms with Crippen LogP contribution in [0.25, 0.3) is 0 Å². The molecule has 2 heterocycles. The Balaban J connectivity index is 1.75. The molecule has 0 spiro atoms. The average Bonchev–Trinajstić information content (AvgIpc) is 3.49. The SMILES string of the molecule is O=C(c1ccccc1Cl)C(CC(C(=O)c1ccccc1Cl)n1ncnn1)n1ncnn1. The number of rotatable bonds is 8. The Labute approximate surface area is 185 Å². The van der Waals surface area contributed by atoms with E-state index in [4.69, 9.17) is 23.2 Å². The Bertz CT molecular complexity index is 1100. The first-order valence-corrected chi connectivity index (χ1v) is 9.84. The molecule has 0 bridgehead atoms. The fourth-order valence-corrected chi connectivity index (χ4v) is 3.60. The van der Waals surface area contributed by atoms with E-state index >= 15 is 0 Å². The zero-order valence-electron chi connectivity index (χ0n) is 15.8. The summed E-state index contributed by atoms with van der Waals surface area (Å²) in [6.45, 7) is 0. The Morgan fingerprint density at radius 1 is 0.742 bits per heavy atom. The van der Waals surface area contributed by atoms with Gasteiger partial charge in [0.1, 0.15) is 12.1 Å². The summed E-state index contributed by atoms with van der Waals surface area (Å²) in [6.07, 6.45) is 2.32. The zero-order chi connectivity index (χ0) is 21.8. The van der Waals surface area contributed by atoms with Gasteiger partial charge in [-0.2, -0.15) is 9.59 Å². The number of carbonyl (C=O) groups is 2. The fraction of sp³-hybridized carbons (Fsp3) is 0.158. The van der Waals surface area contributed by atoms with Gasteiger partial charge in [-0.05, 0) is 34.7 Å². The molecule has 10 nitrogen and oxygen atoms in total. The quantitative estimate of drug-likeness (QED) is 0.371. The van der Waals surface area contributed by atoms with Crippen LogP contribution in [0.3, 0.4) is 0 Å². The third-order valence-corrected chi connectivity index (χ3v) is 5.28. The van der Waals surface area contributed by atoms with E-state index in [1.54, 1.807) is 48.5 Å². The molecule has 0 fully saturated rings. The second kappa shape index (κ2) is 9.11. The largest absolute Gasteiger partial charge is 0.292 e. The molecule has 0 aliphatic rings. The topological polar surface area (TPSA) is 121 Å². The van der Waals surface area contributed by atoms with E-state index in [1.165, 1.54) is 12.7 Å². The van der Waals surface area contributed by atoms with Gasteiger partial charge in [-0.1, -0.05) is 47.5 Å². The molecule has 2 aromatic carbocycles. The van der Waals surface area contributed by atoms with Crippen LogP contribution in [-0.2, 0) is 0 Å². The molecule has 12 heteroatoms. The maximum atomic E-state index is 13.4. The molecule has 2 unspecified atom stereocenters. The van der Waals surface area contributed by atoms with Gasteiger partial charge in [0.2, 0.25) is 0 Å². The van der Waals surface area contributed by atoms with Gasteiger partial charge in [-0.25, -0.2) is 0 Å². The van der Waals surface area contributed by atoms with E-state index in [0.717, 1.165) is 9.59 Å².